The van der Waals surface area contributed by atoms with E-state index in [-0.39, 0.29) is 11.8 Å². The molecule has 0 spiro atoms. The molecule has 150 valence electrons. The van der Waals surface area contributed by atoms with Gasteiger partial charge in [0.2, 0.25) is 5.91 Å². The van der Waals surface area contributed by atoms with Crippen molar-refractivity contribution in [2.45, 2.75) is 18.8 Å². The van der Waals surface area contributed by atoms with Gasteiger partial charge in [0.25, 0.3) is 5.91 Å². The first-order chi connectivity index (χ1) is 13.6. The SMILES string of the molecule is Cn1nccc1C1CCN(CC(=O)N2CCN(C(=O)c3cccs3)CC2)CC1. The van der Waals surface area contributed by atoms with Gasteiger partial charge in [0.1, 0.15) is 0 Å². The Bertz CT molecular complexity index is 802. The maximum Gasteiger partial charge on any atom is 0.264 e. The van der Waals surface area contributed by atoms with Crippen LogP contribution in [-0.4, -0.2) is 82.1 Å². The van der Waals surface area contributed by atoms with Crippen LogP contribution in [0.3, 0.4) is 0 Å². The van der Waals surface area contributed by atoms with E-state index < -0.39 is 0 Å². The third-order valence-electron chi connectivity index (χ3n) is 5.88. The average Bonchev–Trinajstić information content (AvgIpc) is 3.40. The first kappa shape index (κ1) is 19.1. The second-order valence-corrected chi connectivity index (χ2v) is 8.53. The van der Waals surface area contributed by atoms with E-state index in [9.17, 15) is 9.59 Å². The molecule has 7 nitrogen and oxygen atoms in total. The number of aromatic nitrogens is 2. The number of nitrogens with zero attached hydrogens (tertiary/aromatic N) is 5. The third kappa shape index (κ3) is 4.12. The van der Waals surface area contributed by atoms with E-state index in [1.54, 1.807) is 0 Å². The number of carbonyl (C=O) groups is 2. The maximum atomic E-state index is 12.7. The lowest BCUT2D eigenvalue weighted by Crippen LogP contribution is -2.53. The molecular formula is C20H27N5O2S. The number of piperidine rings is 1. The first-order valence-electron chi connectivity index (χ1n) is 9.92. The van der Waals surface area contributed by atoms with Gasteiger partial charge in [-0.25, -0.2) is 0 Å². The minimum absolute atomic E-state index is 0.0827. The molecule has 0 N–H and O–H groups in total. The summed E-state index contributed by atoms with van der Waals surface area (Å²) >= 11 is 1.47. The molecule has 2 aliphatic rings. The first-order valence-corrected chi connectivity index (χ1v) is 10.8. The maximum absolute atomic E-state index is 12.7. The number of rotatable bonds is 4. The van der Waals surface area contributed by atoms with Crippen molar-refractivity contribution in [2.75, 3.05) is 45.8 Å². The highest BCUT2D eigenvalue weighted by atomic mass is 32.1. The Balaban J connectivity index is 1.22. The second-order valence-electron chi connectivity index (χ2n) is 7.58. The molecule has 2 aromatic rings. The molecule has 0 atom stereocenters. The van der Waals surface area contributed by atoms with Crippen molar-refractivity contribution in [1.82, 2.24) is 24.5 Å². The van der Waals surface area contributed by atoms with E-state index in [1.165, 1.54) is 17.0 Å². The number of hydrogen-bond donors (Lipinski definition) is 0. The van der Waals surface area contributed by atoms with Gasteiger partial charge in [-0.1, -0.05) is 6.07 Å². The van der Waals surface area contributed by atoms with Crippen LogP contribution in [0.15, 0.2) is 29.8 Å². The minimum atomic E-state index is 0.0827. The molecule has 4 rings (SSSR count). The summed E-state index contributed by atoms with van der Waals surface area (Å²) < 4.78 is 1.96. The summed E-state index contributed by atoms with van der Waals surface area (Å²) in [6.07, 6.45) is 3.99. The lowest BCUT2D eigenvalue weighted by atomic mass is 9.93. The molecule has 4 heterocycles. The number of likely N-dealkylation sites (tertiary alicyclic amines) is 1. The number of aryl methyl sites for hydroxylation is 1. The van der Waals surface area contributed by atoms with Crippen LogP contribution in [0.25, 0.3) is 0 Å². The average molecular weight is 402 g/mol. The van der Waals surface area contributed by atoms with Crippen LogP contribution in [0, 0.1) is 0 Å². The Morgan fingerprint density at radius 3 is 2.39 bits per heavy atom. The Kier molecular flexibility index (Phi) is 5.77. The fourth-order valence-corrected chi connectivity index (χ4v) is 4.87. The molecule has 2 saturated heterocycles. The highest BCUT2D eigenvalue weighted by Gasteiger charge is 2.28. The van der Waals surface area contributed by atoms with Crippen LogP contribution in [-0.2, 0) is 11.8 Å². The predicted molar refractivity (Wildman–Crippen MR) is 108 cm³/mol. The van der Waals surface area contributed by atoms with Crippen molar-refractivity contribution in [2.24, 2.45) is 7.05 Å². The lowest BCUT2D eigenvalue weighted by molar-refractivity contribution is -0.134. The lowest BCUT2D eigenvalue weighted by Gasteiger charge is -2.37. The topological polar surface area (TPSA) is 61.7 Å². The molecule has 2 aromatic heterocycles. The normalized spacial score (nSPS) is 19.2. The molecule has 0 unspecified atom stereocenters. The third-order valence-corrected chi connectivity index (χ3v) is 6.73. The van der Waals surface area contributed by atoms with E-state index in [1.807, 2.05) is 45.2 Å². The molecule has 2 amide bonds. The van der Waals surface area contributed by atoms with Gasteiger partial charge in [0.15, 0.2) is 0 Å². The van der Waals surface area contributed by atoms with Crippen LogP contribution in [0.1, 0.15) is 34.1 Å². The molecule has 0 aromatic carbocycles. The fraction of sp³-hybridized carbons (Fsp3) is 0.550. The molecule has 0 saturated carbocycles. The van der Waals surface area contributed by atoms with Gasteiger partial charge in [0, 0.05) is 51.0 Å². The zero-order valence-corrected chi connectivity index (χ0v) is 17.1. The predicted octanol–water partition coefficient (Wildman–Crippen LogP) is 1.65. The molecule has 2 fully saturated rings. The van der Waals surface area contributed by atoms with Gasteiger partial charge in [-0.15, -0.1) is 11.3 Å². The van der Waals surface area contributed by atoms with Gasteiger partial charge >= 0.3 is 0 Å². The number of piperazine rings is 1. The summed E-state index contributed by atoms with van der Waals surface area (Å²) in [4.78, 5) is 31.9. The van der Waals surface area contributed by atoms with Crippen molar-refractivity contribution in [1.29, 1.82) is 0 Å². The molecule has 0 aliphatic carbocycles. The minimum Gasteiger partial charge on any atom is -0.338 e. The molecule has 8 heteroatoms. The van der Waals surface area contributed by atoms with Gasteiger partial charge in [-0.2, -0.15) is 5.10 Å². The number of hydrogen-bond acceptors (Lipinski definition) is 5. The standard InChI is InChI=1S/C20H27N5O2S/c1-22-17(4-7-21-22)16-5-8-23(9-6-16)15-19(26)24-10-12-25(13-11-24)20(27)18-3-2-14-28-18/h2-4,7,14,16H,5-6,8-13,15H2,1H3. The highest BCUT2D eigenvalue weighted by Crippen LogP contribution is 2.27. The molecule has 2 aliphatic heterocycles. The van der Waals surface area contributed by atoms with Crippen LogP contribution in [0.4, 0.5) is 0 Å². The fourth-order valence-electron chi connectivity index (χ4n) is 4.18. The van der Waals surface area contributed by atoms with Gasteiger partial charge in [-0.3, -0.25) is 19.2 Å². The zero-order chi connectivity index (χ0) is 19.5. The van der Waals surface area contributed by atoms with E-state index in [2.05, 4.69) is 16.1 Å². The van der Waals surface area contributed by atoms with E-state index in [0.717, 1.165) is 30.8 Å². The van der Waals surface area contributed by atoms with Crippen molar-refractivity contribution < 1.29 is 9.59 Å². The van der Waals surface area contributed by atoms with Crippen LogP contribution >= 0.6 is 11.3 Å². The molecule has 0 bridgehead atoms. The van der Waals surface area contributed by atoms with Crippen LogP contribution < -0.4 is 0 Å². The molecule has 0 radical (unpaired) electrons. The summed E-state index contributed by atoms with van der Waals surface area (Å²) in [6.45, 7) is 4.85. The Morgan fingerprint density at radius 1 is 1.07 bits per heavy atom. The Hall–Kier alpha value is -2.19. The van der Waals surface area contributed by atoms with Crippen molar-refractivity contribution in [3.63, 3.8) is 0 Å². The van der Waals surface area contributed by atoms with Gasteiger partial charge < -0.3 is 9.80 Å². The van der Waals surface area contributed by atoms with Gasteiger partial charge in [-0.05, 0) is 43.4 Å². The number of carbonyl (C=O) groups excluding carboxylic acids is 2. The summed E-state index contributed by atoms with van der Waals surface area (Å²) in [5.41, 5.74) is 1.29. The van der Waals surface area contributed by atoms with Crippen LogP contribution in [0.2, 0.25) is 0 Å². The summed E-state index contributed by atoms with van der Waals surface area (Å²) in [6, 6.07) is 5.86. The van der Waals surface area contributed by atoms with E-state index in [4.69, 9.17) is 0 Å². The monoisotopic (exact) mass is 401 g/mol. The quantitative estimate of drug-likeness (QED) is 0.782. The smallest absolute Gasteiger partial charge is 0.264 e. The largest absolute Gasteiger partial charge is 0.338 e. The van der Waals surface area contributed by atoms with E-state index in [0.29, 0.717) is 38.6 Å². The highest BCUT2D eigenvalue weighted by molar-refractivity contribution is 7.12. The van der Waals surface area contributed by atoms with E-state index >= 15 is 0 Å². The van der Waals surface area contributed by atoms with Gasteiger partial charge in [0.05, 0.1) is 11.4 Å². The Labute approximate surface area is 169 Å². The number of amides is 2. The van der Waals surface area contributed by atoms with Crippen molar-refractivity contribution in [3.05, 3.63) is 40.3 Å². The van der Waals surface area contributed by atoms with Crippen LogP contribution in [0.5, 0.6) is 0 Å². The zero-order valence-electron chi connectivity index (χ0n) is 16.3. The Morgan fingerprint density at radius 2 is 1.79 bits per heavy atom. The van der Waals surface area contributed by atoms with Crippen molar-refractivity contribution >= 4 is 23.2 Å². The summed E-state index contributed by atoms with van der Waals surface area (Å²) in [7, 11) is 1.99. The second kappa shape index (κ2) is 8.45. The van der Waals surface area contributed by atoms with Crippen molar-refractivity contribution in [3.8, 4) is 0 Å². The molecule has 28 heavy (non-hydrogen) atoms. The summed E-state index contributed by atoms with van der Waals surface area (Å²) in [5.74, 6) is 0.798. The number of thiophene rings is 1. The summed E-state index contributed by atoms with van der Waals surface area (Å²) in [5, 5.41) is 6.19. The molecular weight excluding hydrogens is 374 g/mol.